The quantitative estimate of drug-likeness (QED) is 0.455. The number of carbonyl (C=O) groups is 2. The van der Waals surface area contributed by atoms with Crippen molar-refractivity contribution in [2.24, 2.45) is 5.73 Å². The summed E-state index contributed by atoms with van der Waals surface area (Å²) in [5.74, 6) is -1.96. The molecule has 2 aromatic carbocycles. The zero-order valence-corrected chi connectivity index (χ0v) is 14.3. The van der Waals surface area contributed by atoms with Gasteiger partial charge in [0.1, 0.15) is 6.04 Å². The normalized spacial score (nSPS) is 11.5. The van der Waals surface area contributed by atoms with E-state index in [1.807, 2.05) is 31.3 Å². The molecule has 0 saturated heterocycles. The highest BCUT2D eigenvalue weighted by atomic mass is 16.4. The van der Waals surface area contributed by atoms with Crippen LogP contribution in [0, 0.1) is 6.92 Å². The number of benzene rings is 2. The number of fused-ring (bicyclic) bond motifs is 1. The van der Waals surface area contributed by atoms with Gasteiger partial charge < -0.3 is 26.7 Å². The highest BCUT2D eigenvalue weighted by Crippen LogP contribution is 2.20. The summed E-state index contributed by atoms with van der Waals surface area (Å²) in [4.78, 5) is 24.1. The van der Waals surface area contributed by atoms with E-state index in [2.05, 4.69) is 4.98 Å². The van der Waals surface area contributed by atoms with Crippen LogP contribution in [0.3, 0.4) is 0 Å². The topological polar surface area (TPSA) is 142 Å². The molecule has 1 atom stereocenters. The van der Waals surface area contributed by atoms with E-state index in [4.69, 9.17) is 21.7 Å². The minimum absolute atomic E-state index is 0.155. The Kier molecular flexibility index (Phi) is 5.98. The Morgan fingerprint density at radius 2 is 1.85 bits per heavy atom. The number of H-pyrrole nitrogens is 1. The van der Waals surface area contributed by atoms with Crippen LogP contribution in [0.2, 0.25) is 0 Å². The van der Waals surface area contributed by atoms with Gasteiger partial charge in [0, 0.05) is 29.2 Å². The number of rotatable bonds is 4. The summed E-state index contributed by atoms with van der Waals surface area (Å²) in [7, 11) is 0. The average Bonchev–Trinajstić information content (AvgIpc) is 2.97. The molecule has 26 heavy (non-hydrogen) atoms. The SMILES string of the molecule is Cc1ccc2[nH]cc(CC(N)C(=O)O)c2c1.Nc1ccccc1C(=O)O. The minimum atomic E-state index is -0.988. The van der Waals surface area contributed by atoms with Gasteiger partial charge in [0.2, 0.25) is 0 Å². The van der Waals surface area contributed by atoms with Crippen LogP contribution in [-0.2, 0) is 11.2 Å². The van der Waals surface area contributed by atoms with Crippen molar-refractivity contribution in [1.82, 2.24) is 4.98 Å². The lowest BCUT2D eigenvalue weighted by Crippen LogP contribution is -2.32. The molecule has 1 heterocycles. The highest BCUT2D eigenvalue weighted by molar-refractivity contribution is 5.93. The maximum absolute atomic E-state index is 10.7. The average molecular weight is 355 g/mol. The van der Waals surface area contributed by atoms with E-state index in [1.165, 1.54) is 6.07 Å². The molecular formula is C19H21N3O4. The Morgan fingerprint density at radius 1 is 1.15 bits per heavy atom. The summed E-state index contributed by atoms with van der Waals surface area (Å²) >= 11 is 0. The predicted molar refractivity (Wildman–Crippen MR) is 100 cm³/mol. The maximum Gasteiger partial charge on any atom is 0.337 e. The molecule has 0 aliphatic carbocycles. The van der Waals surface area contributed by atoms with Gasteiger partial charge in [-0.3, -0.25) is 4.79 Å². The molecule has 0 amide bonds. The third kappa shape index (κ3) is 4.61. The fourth-order valence-electron chi connectivity index (χ4n) is 2.48. The fourth-order valence-corrected chi connectivity index (χ4v) is 2.48. The number of aliphatic carboxylic acids is 1. The van der Waals surface area contributed by atoms with Gasteiger partial charge in [0.15, 0.2) is 0 Å². The first kappa shape index (κ1) is 19.0. The number of aryl methyl sites for hydroxylation is 1. The standard InChI is InChI=1S/C12H14N2O2.C7H7NO2/c1-7-2-3-11-9(4-7)8(6-14-11)5-10(13)12(15)16;8-6-4-2-1-3-5(6)7(9)10/h2-4,6,10,14H,5,13H2,1H3,(H,15,16);1-4H,8H2,(H,9,10). The first-order chi connectivity index (χ1) is 12.3. The second-order valence-corrected chi connectivity index (χ2v) is 5.90. The number of carboxylic acids is 2. The number of aromatic carboxylic acids is 1. The fraction of sp³-hybridized carbons (Fsp3) is 0.158. The molecule has 1 unspecified atom stereocenters. The number of nitrogen functional groups attached to an aromatic ring is 1. The van der Waals surface area contributed by atoms with Gasteiger partial charge in [-0.05, 0) is 36.8 Å². The third-order valence-electron chi connectivity index (χ3n) is 3.87. The first-order valence-corrected chi connectivity index (χ1v) is 7.92. The Hall–Kier alpha value is -3.32. The number of nitrogens with one attached hydrogen (secondary N) is 1. The van der Waals surface area contributed by atoms with Gasteiger partial charge in [-0.2, -0.15) is 0 Å². The largest absolute Gasteiger partial charge is 0.480 e. The molecule has 7 N–H and O–H groups in total. The summed E-state index contributed by atoms with van der Waals surface area (Å²) < 4.78 is 0. The first-order valence-electron chi connectivity index (χ1n) is 7.92. The van der Waals surface area contributed by atoms with Crippen molar-refractivity contribution in [3.8, 4) is 0 Å². The summed E-state index contributed by atoms with van der Waals surface area (Å²) in [6, 6.07) is 11.6. The molecule has 0 aliphatic heterocycles. The van der Waals surface area contributed by atoms with E-state index in [9.17, 15) is 9.59 Å². The molecule has 7 nitrogen and oxygen atoms in total. The second kappa shape index (κ2) is 8.17. The van der Waals surface area contributed by atoms with Crippen molar-refractivity contribution >= 4 is 28.5 Å². The smallest absolute Gasteiger partial charge is 0.337 e. The molecular weight excluding hydrogens is 334 g/mol. The van der Waals surface area contributed by atoms with Gasteiger partial charge in [-0.15, -0.1) is 0 Å². The van der Waals surface area contributed by atoms with E-state index in [1.54, 1.807) is 18.2 Å². The number of para-hydroxylation sites is 1. The molecule has 1 aromatic heterocycles. The van der Waals surface area contributed by atoms with E-state index in [-0.39, 0.29) is 5.56 Å². The van der Waals surface area contributed by atoms with Gasteiger partial charge in [-0.25, -0.2) is 4.79 Å². The van der Waals surface area contributed by atoms with Crippen molar-refractivity contribution in [1.29, 1.82) is 0 Å². The predicted octanol–water partition coefficient (Wildman–Crippen LogP) is 2.40. The zero-order valence-electron chi connectivity index (χ0n) is 14.3. The van der Waals surface area contributed by atoms with Crippen molar-refractivity contribution in [2.75, 3.05) is 5.73 Å². The summed E-state index contributed by atoms with van der Waals surface area (Å²) in [5, 5.41) is 18.3. The van der Waals surface area contributed by atoms with Crippen molar-refractivity contribution < 1.29 is 19.8 Å². The van der Waals surface area contributed by atoms with Gasteiger partial charge in [0.25, 0.3) is 0 Å². The molecule has 0 spiro atoms. The maximum atomic E-state index is 10.7. The molecule has 3 aromatic rings. The van der Waals surface area contributed by atoms with Crippen LogP contribution in [0.5, 0.6) is 0 Å². The van der Waals surface area contributed by atoms with Crippen molar-refractivity contribution in [3.05, 3.63) is 65.4 Å². The molecule has 0 bridgehead atoms. The number of aromatic amines is 1. The monoisotopic (exact) mass is 355 g/mol. The molecule has 0 fully saturated rings. The van der Waals surface area contributed by atoms with Crippen LogP contribution < -0.4 is 11.5 Å². The Bertz CT molecular complexity index is 933. The van der Waals surface area contributed by atoms with E-state index in [0.717, 1.165) is 22.0 Å². The zero-order chi connectivity index (χ0) is 19.3. The second-order valence-electron chi connectivity index (χ2n) is 5.90. The van der Waals surface area contributed by atoms with Crippen molar-refractivity contribution in [2.45, 2.75) is 19.4 Å². The lowest BCUT2D eigenvalue weighted by molar-refractivity contribution is -0.138. The van der Waals surface area contributed by atoms with Crippen LogP contribution in [0.25, 0.3) is 10.9 Å². The molecule has 0 saturated carbocycles. The van der Waals surface area contributed by atoms with E-state index >= 15 is 0 Å². The van der Waals surface area contributed by atoms with Crippen molar-refractivity contribution in [3.63, 3.8) is 0 Å². The van der Waals surface area contributed by atoms with E-state index in [0.29, 0.717) is 12.1 Å². The van der Waals surface area contributed by atoms with E-state index < -0.39 is 18.0 Å². The lowest BCUT2D eigenvalue weighted by atomic mass is 10.0. The van der Waals surface area contributed by atoms with Crippen LogP contribution in [0.1, 0.15) is 21.5 Å². The third-order valence-corrected chi connectivity index (χ3v) is 3.87. The van der Waals surface area contributed by atoms with Crippen LogP contribution in [0.15, 0.2) is 48.7 Å². The number of nitrogens with two attached hydrogens (primary N) is 2. The van der Waals surface area contributed by atoms with Gasteiger partial charge in [0.05, 0.1) is 5.56 Å². The minimum Gasteiger partial charge on any atom is -0.480 e. The Balaban J connectivity index is 0.000000209. The van der Waals surface area contributed by atoms with Crippen LogP contribution in [0.4, 0.5) is 5.69 Å². The number of aromatic nitrogens is 1. The highest BCUT2D eigenvalue weighted by Gasteiger charge is 2.14. The number of hydrogen-bond donors (Lipinski definition) is 5. The van der Waals surface area contributed by atoms with Crippen LogP contribution >= 0.6 is 0 Å². The van der Waals surface area contributed by atoms with Gasteiger partial charge in [-0.1, -0.05) is 23.8 Å². The molecule has 0 radical (unpaired) electrons. The molecule has 0 aliphatic rings. The molecule has 7 heteroatoms. The molecule has 3 rings (SSSR count). The number of hydrogen-bond acceptors (Lipinski definition) is 4. The van der Waals surface area contributed by atoms with Gasteiger partial charge >= 0.3 is 11.9 Å². The summed E-state index contributed by atoms with van der Waals surface area (Å²) in [5.41, 5.74) is 14.4. The Morgan fingerprint density at radius 3 is 2.42 bits per heavy atom. The number of anilines is 1. The summed E-state index contributed by atoms with van der Waals surface area (Å²) in [6.45, 7) is 2.01. The summed E-state index contributed by atoms with van der Waals surface area (Å²) in [6.07, 6.45) is 2.17. The lowest BCUT2D eigenvalue weighted by Gasteiger charge is -2.05. The Labute approximate surface area is 150 Å². The number of carboxylic acid groups (broad SMARTS) is 2. The molecule has 136 valence electrons. The van der Waals surface area contributed by atoms with Crippen LogP contribution in [-0.4, -0.2) is 33.2 Å².